The molecule has 2 aromatic rings. The number of benzene rings is 2. The average Bonchev–Trinajstić information content (AvgIpc) is 2.68. The van der Waals surface area contributed by atoms with E-state index in [0.29, 0.717) is 0 Å². The lowest BCUT2D eigenvalue weighted by atomic mass is 10.2. The number of esters is 1. The zero-order chi connectivity index (χ0) is 23.3. The van der Waals surface area contributed by atoms with Gasteiger partial charge in [-0.1, -0.05) is 23.2 Å². The molecule has 2 rings (SSSR count). The molecule has 1 amide bonds. The van der Waals surface area contributed by atoms with Gasteiger partial charge in [-0.3, -0.25) is 4.79 Å². The molecule has 0 heterocycles. The van der Waals surface area contributed by atoms with Crippen molar-refractivity contribution in [1.82, 2.24) is 4.31 Å². The van der Waals surface area contributed by atoms with Gasteiger partial charge in [0.05, 0.1) is 20.5 Å². The molecule has 8 nitrogen and oxygen atoms in total. The Morgan fingerprint density at radius 1 is 1.10 bits per heavy atom. The summed E-state index contributed by atoms with van der Waals surface area (Å²) in [5, 5.41) is 2.12. The molecule has 0 fully saturated rings. The van der Waals surface area contributed by atoms with Crippen molar-refractivity contribution in [1.29, 1.82) is 0 Å². The molecular weight excluding hydrogens is 481 g/mol. The van der Waals surface area contributed by atoms with Crippen LogP contribution in [0.3, 0.4) is 0 Å². The molecule has 13 heteroatoms. The Labute approximate surface area is 186 Å². The fourth-order valence-electron chi connectivity index (χ4n) is 2.21. The third-order valence-corrected chi connectivity index (χ3v) is 6.14. The van der Waals surface area contributed by atoms with Crippen molar-refractivity contribution in [2.75, 3.05) is 26.0 Å². The minimum atomic E-state index is -3.82. The van der Waals surface area contributed by atoms with Gasteiger partial charge in [0.1, 0.15) is 5.75 Å². The van der Waals surface area contributed by atoms with Gasteiger partial charge in [-0.15, -0.1) is 0 Å². The zero-order valence-electron chi connectivity index (χ0n) is 16.1. The third-order valence-electron chi connectivity index (χ3n) is 3.70. The van der Waals surface area contributed by atoms with E-state index < -0.39 is 35.1 Å². The molecule has 0 aliphatic rings. The van der Waals surface area contributed by atoms with Gasteiger partial charge in [0, 0.05) is 19.8 Å². The number of hydrogen-bond acceptors (Lipinski definition) is 6. The first-order chi connectivity index (χ1) is 14.4. The number of carbonyl (C=O) groups excluding carboxylic acids is 2. The maximum absolute atomic E-state index is 12.3. The van der Waals surface area contributed by atoms with E-state index in [1.807, 2.05) is 0 Å². The second kappa shape index (κ2) is 10.2. The molecule has 0 saturated carbocycles. The molecule has 0 aromatic heterocycles. The minimum Gasteiger partial charge on any atom is -0.452 e. The highest BCUT2D eigenvalue weighted by atomic mass is 35.5. The van der Waals surface area contributed by atoms with Crippen LogP contribution in [0.2, 0.25) is 10.0 Å². The topological polar surface area (TPSA) is 102 Å². The number of ether oxygens (including phenoxy) is 2. The Balaban J connectivity index is 2.04. The summed E-state index contributed by atoms with van der Waals surface area (Å²) >= 11 is 11.7. The molecule has 1 N–H and O–H groups in total. The molecule has 0 spiro atoms. The van der Waals surface area contributed by atoms with Crippen molar-refractivity contribution in [3.63, 3.8) is 0 Å². The molecule has 0 aliphatic carbocycles. The monoisotopic (exact) mass is 496 g/mol. The Bertz CT molecular complexity index is 1100. The van der Waals surface area contributed by atoms with Crippen LogP contribution in [-0.4, -0.2) is 51.9 Å². The lowest BCUT2D eigenvalue weighted by Gasteiger charge is -2.13. The predicted molar refractivity (Wildman–Crippen MR) is 109 cm³/mol. The SMILES string of the molecule is CN(C)S(=O)(=O)c1ccc(Cl)c(C(=O)OCC(=O)Nc2ccc(OC(F)F)c(Cl)c2)c1. The number of sulfonamides is 1. The van der Waals surface area contributed by atoms with Gasteiger partial charge in [-0.05, 0) is 36.4 Å². The molecule has 0 radical (unpaired) electrons. The first-order valence-corrected chi connectivity index (χ1v) is 10.5. The minimum absolute atomic E-state index is 0.0653. The largest absolute Gasteiger partial charge is 0.452 e. The summed E-state index contributed by atoms with van der Waals surface area (Å²) in [6, 6.07) is 7.05. The van der Waals surface area contributed by atoms with Crippen molar-refractivity contribution < 1.29 is 36.3 Å². The Morgan fingerprint density at radius 3 is 2.35 bits per heavy atom. The quantitative estimate of drug-likeness (QED) is 0.559. The smallest absolute Gasteiger partial charge is 0.387 e. The van der Waals surface area contributed by atoms with Gasteiger partial charge >= 0.3 is 12.6 Å². The molecular formula is C18H16Cl2F2N2O6S. The highest BCUT2D eigenvalue weighted by Crippen LogP contribution is 2.29. The number of nitrogens with one attached hydrogen (secondary N) is 1. The van der Waals surface area contributed by atoms with E-state index in [-0.39, 0.29) is 31.9 Å². The van der Waals surface area contributed by atoms with Crippen LogP contribution in [0.25, 0.3) is 0 Å². The Hall–Kier alpha value is -2.47. The highest BCUT2D eigenvalue weighted by molar-refractivity contribution is 7.89. The summed E-state index contributed by atoms with van der Waals surface area (Å²) in [6.07, 6.45) is 0. The number of carbonyl (C=O) groups is 2. The van der Waals surface area contributed by atoms with Crippen molar-refractivity contribution in [3.8, 4) is 5.75 Å². The number of hydrogen-bond donors (Lipinski definition) is 1. The predicted octanol–water partition coefficient (Wildman–Crippen LogP) is 3.64. The van der Waals surface area contributed by atoms with E-state index in [1.165, 1.54) is 38.4 Å². The number of halogens is 4. The van der Waals surface area contributed by atoms with Crippen LogP contribution >= 0.6 is 23.2 Å². The summed E-state index contributed by atoms with van der Waals surface area (Å²) < 4.78 is 58.9. The van der Waals surface area contributed by atoms with E-state index >= 15 is 0 Å². The molecule has 0 unspecified atom stereocenters. The Morgan fingerprint density at radius 2 is 1.77 bits per heavy atom. The molecule has 168 valence electrons. The standard InChI is InChI=1S/C18H16Cl2F2N2O6S/c1-24(2)31(27,28)11-4-5-13(19)12(8-11)17(26)29-9-16(25)23-10-3-6-15(14(20)7-10)30-18(21)22/h3-8,18H,9H2,1-2H3,(H,23,25). The maximum atomic E-state index is 12.3. The van der Waals surface area contributed by atoms with Crippen LogP contribution in [0.1, 0.15) is 10.4 Å². The lowest BCUT2D eigenvalue weighted by molar-refractivity contribution is -0.119. The maximum Gasteiger partial charge on any atom is 0.387 e. The van der Waals surface area contributed by atoms with Crippen LogP contribution in [0, 0.1) is 0 Å². The fraction of sp³-hybridized carbons (Fsp3) is 0.222. The van der Waals surface area contributed by atoms with Gasteiger partial charge in [0.25, 0.3) is 5.91 Å². The number of nitrogens with zero attached hydrogens (tertiary/aromatic N) is 1. The van der Waals surface area contributed by atoms with Crippen molar-refractivity contribution in [2.24, 2.45) is 0 Å². The summed E-state index contributed by atoms with van der Waals surface area (Å²) in [6.45, 7) is -3.79. The van der Waals surface area contributed by atoms with E-state index in [2.05, 4.69) is 10.1 Å². The number of rotatable bonds is 8. The van der Waals surface area contributed by atoms with Gasteiger partial charge in [-0.25, -0.2) is 17.5 Å². The third kappa shape index (κ3) is 6.50. The number of alkyl halides is 2. The lowest BCUT2D eigenvalue weighted by Crippen LogP contribution is -2.23. The molecule has 0 atom stereocenters. The normalized spacial score (nSPS) is 11.5. The summed E-state index contributed by atoms with van der Waals surface area (Å²) in [5.74, 6) is -2.06. The van der Waals surface area contributed by atoms with E-state index in [9.17, 15) is 26.8 Å². The highest BCUT2D eigenvalue weighted by Gasteiger charge is 2.22. The van der Waals surface area contributed by atoms with Gasteiger partial charge in [0.15, 0.2) is 6.61 Å². The fourth-order valence-corrected chi connectivity index (χ4v) is 3.56. The number of amides is 1. The zero-order valence-corrected chi connectivity index (χ0v) is 18.4. The van der Waals surface area contributed by atoms with Crippen LogP contribution in [0.4, 0.5) is 14.5 Å². The number of anilines is 1. The van der Waals surface area contributed by atoms with Crippen molar-refractivity contribution in [2.45, 2.75) is 11.5 Å². The van der Waals surface area contributed by atoms with Gasteiger partial charge in [-0.2, -0.15) is 8.78 Å². The second-order valence-electron chi connectivity index (χ2n) is 6.08. The second-order valence-corrected chi connectivity index (χ2v) is 9.04. The average molecular weight is 497 g/mol. The molecule has 0 saturated heterocycles. The molecule has 0 bridgehead atoms. The summed E-state index contributed by atoms with van der Waals surface area (Å²) in [5.41, 5.74) is -0.0984. The van der Waals surface area contributed by atoms with Crippen molar-refractivity contribution in [3.05, 3.63) is 52.0 Å². The van der Waals surface area contributed by atoms with E-state index in [0.717, 1.165) is 16.4 Å². The van der Waals surface area contributed by atoms with Crippen LogP contribution in [-0.2, 0) is 19.6 Å². The molecule has 0 aliphatic heterocycles. The summed E-state index contributed by atoms with van der Waals surface area (Å²) in [4.78, 5) is 24.1. The van der Waals surface area contributed by atoms with Crippen molar-refractivity contribution >= 4 is 50.8 Å². The van der Waals surface area contributed by atoms with Crippen LogP contribution in [0.5, 0.6) is 5.75 Å². The van der Waals surface area contributed by atoms with Crippen LogP contribution in [0.15, 0.2) is 41.3 Å². The Kier molecular flexibility index (Phi) is 8.18. The summed E-state index contributed by atoms with van der Waals surface area (Å²) in [7, 11) is -1.17. The first-order valence-electron chi connectivity index (χ1n) is 8.35. The first kappa shape index (κ1) is 24.8. The van der Waals surface area contributed by atoms with Gasteiger partial charge < -0.3 is 14.8 Å². The van der Waals surface area contributed by atoms with E-state index in [4.69, 9.17) is 27.9 Å². The molecule has 2 aromatic carbocycles. The van der Waals surface area contributed by atoms with Crippen LogP contribution < -0.4 is 10.1 Å². The van der Waals surface area contributed by atoms with E-state index in [1.54, 1.807) is 0 Å². The van der Waals surface area contributed by atoms with Gasteiger partial charge in [0.2, 0.25) is 10.0 Å². The molecule has 31 heavy (non-hydrogen) atoms.